The van der Waals surface area contributed by atoms with Crippen LogP contribution < -0.4 is 15.8 Å². The number of anilines is 2. The van der Waals surface area contributed by atoms with Gasteiger partial charge in [-0.2, -0.15) is 10.2 Å². The number of hydrogen-bond acceptors (Lipinski definition) is 5. The number of pyridine rings is 1. The molecule has 0 fully saturated rings. The number of ether oxygens (including phenoxy) is 1. The van der Waals surface area contributed by atoms with Crippen LogP contribution in [0.4, 0.5) is 11.5 Å². The molecule has 5 heteroatoms. The molecule has 0 aliphatic rings. The topological polar surface area (TPSA) is 84.0 Å². The van der Waals surface area contributed by atoms with Crippen LogP contribution in [0, 0.1) is 11.3 Å². The molecule has 1 heterocycles. The lowest BCUT2D eigenvalue weighted by Gasteiger charge is -2.13. The zero-order chi connectivity index (χ0) is 15.2. The Labute approximate surface area is 124 Å². The maximum atomic E-state index is 8.88. The Morgan fingerprint density at radius 2 is 2.14 bits per heavy atom. The molecule has 0 atom stereocenters. The van der Waals surface area contributed by atoms with E-state index >= 15 is 0 Å². The summed E-state index contributed by atoms with van der Waals surface area (Å²) in [5.74, 6) is 1.11. The van der Waals surface area contributed by atoms with Crippen molar-refractivity contribution in [3.63, 3.8) is 0 Å². The van der Waals surface area contributed by atoms with Gasteiger partial charge < -0.3 is 15.8 Å². The minimum atomic E-state index is 0.0161. The number of nitrogens with zero attached hydrogens (tertiary/aromatic N) is 2. The molecule has 0 unspecified atom stereocenters. The molecule has 0 bridgehead atoms. The van der Waals surface area contributed by atoms with Gasteiger partial charge in [0.15, 0.2) is 0 Å². The first-order valence-electron chi connectivity index (χ1n) is 6.74. The molecule has 5 nitrogen and oxygen atoms in total. The average molecular weight is 282 g/mol. The van der Waals surface area contributed by atoms with Gasteiger partial charge in [0, 0.05) is 6.54 Å². The number of nitrogens with two attached hydrogens (primary N) is 1. The molecule has 0 saturated carbocycles. The lowest BCUT2D eigenvalue weighted by atomic mass is 10.1. The van der Waals surface area contributed by atoms with Crippen LogP contribution in [-0.2, 0) is 6.54 Å². The summed E-state index contributed by atoms with van der Waals surface area (Å²) in [5.41, 5.74) is 8.00. The zero-order valence-corrected chi connectivity index (χ0v) is 12.1. The van der Waals surface area contributed by atoms with Crippen LogP contribution >= 0.6 is 0 Å². The Kier molecular flexibility index (Phi) is 4.62. The maximum Gasteiger partial charge on any atom is 0.239 e. The lowest BCUT2D eigenvalue weighted by Crippen LogP contribution is -2.10. The van der Waals surface area contributed by atoms with Gasteiger partial charge in [0.25, 0.3) is 0 Å². The van der Waals surface area contributed by atoms with Crippen molar-refractivity contribution in [3.05, 3.63) is 47.5 Å². The Bertz CT molecular complexity index is 662. The third-order valence-electron chi connectivity index (χ3n) is 2.77. The van der Waals surface area contributed by atoms with Gasteiger partial charge in [0.2, 0.25) is 5.88 Å². The highest BCUT2D eigenvalue weighted by Crippen LogP contribution is 2.22. The van der Waals surface area contributed by atoms with E-state index in [9.17, 15) is 0 Å². The van der Waals surface area contributed by atoms with Gasteiger partial charge >= 0.3 is 0 Å². The second kappa shape index (κ2) is 6.62. The second-order valence-corrected chi connectivity index (χ2v) is 4.92. The lowest BCUT2D eigenvalue weighted by molar-refractivity contribution is 0.234. The summed E-state index contributed by atoms with van der Waals surface area (Å²) in [4.78, 5) is 4.35. The molecule has 0 saturated heterocycles. The highest BCUT2D eigenvalue weighted by Gasteiger charge is 2.06. The summed E-state index contributed by atoms with van der Waals surface area (Å²) < 4.78 is 5.56. The van der Waals surface area contributed by atoms with Crippen LogP contribution in [0.3, 0.4) is 0 Å². The second-order valence-electron chi connectivity index (χ2n) is 4.92. The van der Waals surface area contributed by atoms with Gasteiger partial charge in [-0.3, -0.25) is 0 Å². The van der Waals surface area contributed by atoms with E-state index in [1.54, 1.807) is 18.2 Å². The van der Waals surface area contributed by atoms with Gasteiger partial charge in [-0.05, 0) is 43.7 Å². The molecule has 0 radical (unpaired) electrons. The molecule has 108 valence electrons. The van der Waals surface area contributed by atoms with Crippen LogP contribution in [0.25, 0.3) is 0 Å². The van der Waals surface area contributed by atoms with E-state index in [1.165, 1.54) is 0 Å². The molecule has 0 aliphatic carbocycles. The molecule has 1 aromatic heterocycles. The van der Waals surface area contributed by atoms with Gasteiger partial charge in [0.1, 0.15) is 5.82 Å². The van der Waals surface area contributed by atoms with Gasteiger partial charge in [-0.25, -0.2) is 0 Å². The number of nitrogen functional groups attached to an aromatic ring is 1. The number of nitrogens with one attached hydrogen (secondary N) is 1. The third kappa shape index (κ3) is 4.11. The van der Waals surface area contributed by atoms with E-state index in [1.807, 2.05) is 32.0 Å². The number of nitriles is 1. The van der Waals surface area contributed by atoms with Crippen LogP contribution in [0.2, 0.25) is 0 Å². The number of aromatic nitrogens is 1. The van der Waals surface area contributed by atoms with Crippen molar-refractivity contribution in [2.45, 2.75) is 26.5 Å². The smallest absolute Gasteiger partial charge is 0.239 e. The molecular weight excluding hydrogens is 264 g/mol. The average Bonchev–Trinajstić information content (AvgIpc) is 2.48. The number of hydrogen-bond donors (Lipinski definition) is 2. The van der Waals surface area contributed by atoms with Crippen LogP contribution in [-0.4, -0.2) is 11.1 Å². The third-order valence-corrected chi connectivity index (χ3v) is 2.77. The Hall–Kier alpha value is -2.74. The highest BCUT2D eigenvalue weighted by molar-refractivity contribution is 5.53. The first-order valence-corrected chi connectivity index (χ1v) is 6.74. The summed E-state index contributed by atoms with van der Waals surface area (Å²) in [6, 6.07) is 13.1. The summed E-state index contributed by atoms with van der Waals surface area (Å²) in [6.07, 6.45) is 0.0161. The number of rotatable bonds is 5. The monoisotopic (exact) mass is 282 g/mol. The van der Waals surface area contributed by atoms with Crippen molar-refractivity contribution < 1.29 is 4.74 Å². The first-order chi connectivity index (χ1) is 10.1. The summed E-state index contributed by atoms with van der Waals surface area (Å²) in [7, 11) is 0. The van der Waals surface area contributed by atoms with E-state index in [4.69, 9.17) is 15.7 Å². The summed E-state index contributed by atoms with van der Waals surface area (Å²) in [5, 5.41) is 12.1. The molecule has 2 aromatic rings. The molecule has 3 N–H and O–H groups in total. The van der Waals surface area contributed by atoms with Crippen molar-refractivity contribution in [2.75, 3.05) is 11.1 Å². The molecule has 0 aliphatic heterocycles. The SMILES string of the molecule is CC(C)Oc1nc(NCc2cccc(C#N)c2)ccc1N. The van der Waals surface area contributed by atoms with Crippen molar-refractivity contribution in [3.8, 4) is 11.9 Å². The highest BCUT2D eigenvalue weighted by atomic mass is 16.5. The van der Waals surface area contributed by atoms with Crippen molar-refractivity contribution in [1.29, 1.82) is 5.26 Å². The fourth-order valence-electron chi connectivity index (χ4n) is 1.81. The van der Waals surface area contributed by atoms with E-state index in [0.29, 0.717) is 29.5 Å². The normalized spacial score (nSPS) is 10.2. The molecule has 1 aromatic carbocycles. The maximum absolute atomic E-state index is 8.88. The predicted octanol–water partition coefficient (Wildman–Crippen LogP) is 2.93. The van der Waals surface area contributed by atoms with E-state index in [2.05, 4.69) is 16.4 Å². The van der Waals surface area contributed by atoms with E-state index in [0.717, 1.165) is 5.56 Å². The minimum absolute atomic E-state index is 0.0161. The van der Waals surface area contributed by atoms with Crippen molar-refractivity contribution >= 4 is 11.5 Å². The Morgan fingerprint density at radius 1 is 1.33 bits per heavy atom. The predicted molar refractivity (Wildman–Crippen MR) is 82.9 cm³/mol. The van der Waals surface area contributed by atoms with Crippen LogP contribution in [0.5, 0.6) is 5.88 Å². The van der Waals surface area contributed by atoms with Gasteiger partial charge in [0.05, 0.1) is 23.4 Å². The number of benzene rings is 1. The summed E-state index contributed by atoms with van der Waals surface area (Å²) >= 11 is 0. The first kappa shape index (κ1) is 14.7. The summed E-state index contributed by atoms with van der Waals surface area (Å²) in [6.45, 7) is 4.43. The molecule has 0 amide bonds. The standard InChI is InChI=1S/C16H18N4O/c1-11(2)21-16-14(18)6-7-15(20-16)19-10-13-5-3-4-12(8-13)9-17/h3-8,11H,10,18H2,1-2H3,(H,19,20). The van der Waals surface area contributed by atoms with Crippen molar-refractivity contribution in [2.24, 2.45) is 0 Å². The van der Waals surface area contributed by atoms with Gasteiger partial charge in [-0.1, -0.05) is 12.1 Å². The fraction of sp³-hybridized carbons (Fsp3) is 0.250. The quantitative estimate of drug-likeness (QED) is 0.880. The zero-order valence-electron chi connectivity index (χ0n) is 12.1. The largest absolute Gasteiger partial charge is 0.473 e. The molecular formula is C16H18N4O. The Balaban J connectivity index is 2.07. The van der Waals surface area contributed by atoms with Crippen LogP contribution in [0.1, 0.15) is 25.0 Å². The molecule has 0 spiro atoms. The van der Waals surface area contributed by atoms with E-state index in [-0.39, 0.29) is 6.10 Å². The molecule has 2 rings (SSSR count). The van der Waals surface area contributed by atoms with Crippen LogP contribution in [0.15, 0.2) is 36.4 Å². The minimum Gasteiger partial charge on any atom is -0.473 e. The Morgan fingerprint density at radius 3 is 2.86 bits per heavy atom. The fourth-order valence-corrected chi connectivity index (χ4v) is 1.81. The van der Waals surface area contributed by atoms with E-state index < -0.39 is 0 Å². The van der Waals surface area contributed by atoms with Crippen molar-refractivity contribution in [1.82, 2.24) is 4.98 Å². The molecule has 21 heavy (non-hydrogen) atoms. The van der Waals surface area contributed by atoms with Gasteiger partial charge in [-0.15, -0.1) is 0 Å².